The van der Waals surface area contributed by atoms with Crippen molar-refractivity contribution in [3.63, 3.8) is 0 Å². The van der Waals surface area contributed by atoms with Gasteiger partial charge < -0.3 is 25.4 Å². The van der Waals surface area contributed by atoms with Crippen molar-refractivity contribution in [2.45, 2.75) is 73.4 Å². The second-order valence-corrected chi connectivity index (χ2v) is 14.7. The molecule has 1 heterocycles. The van der Waals surface area contributed by atoms with Gasteiger partial charge in [-0.05, 0) is 80.0 Å². The molecule has 0 radical (unpaired) electrons. The highest BCUT2D eigenvalue weighted by Crippen LogP contribution is 2.70. The number of rotatable bonds is 5. The summed E-state index contributed by atoms with van der Waals surface area (Å²) in [6.07, 6.45) is 5.86. The predicted octanol–water partition coefficient (Wildman–Crippen LogP) is 5.68. The first-order valence-electron chi connectivity index (χ1n) is 14.9. The fourth-order valence-electron chi connectivity index (χ4n) is 9.25. The summed E-state index contributed by atoms with van der Waals surface area (Å²) in [6, 6.07) is 13.3. The topological polar surface area (TPSA) is 119 Å². The number of allylic oxidation sites excluding steroid dienone is 4. The van der Waals surface area contributed by atoms with Crippen LogP contribution >= 0.6 is 23.4 Å². The van der Waals surface area contributed by atoms with Gasteiger partial charge in [0.1, 0.15) is 6.61 Å². The van der Waals surface area contributed by atoms with Crippen LogP contribution in [-0.2, 0) is 19.1 Å². The Morgan fingerprint density at radius 3 is 2.63 bits per heavy atom. The van der Waals surface area contributed by atoms with Gasteiger partial charge >= 0.3 is 0 Å². The van der Waals surface area contributed by atoms with Crippen molar-refractivity contribution in [1.82, 2.24) is 0 Å². The number of nitrogen functional groups attached to an aromatic ring is 1. The van der Waals surface area contributed by atoms with Crippen LogP contribution in [0, 0.1) is 28.6 Å². The molecule has 43 heavy (non-hydrogen) atoms. The number of ether oxygens (including phenoxy) is 2. The lowest BCUT2D eigenvalue weighted by Gasteiger charge is -2.59. The molecular formula is C34H36ClNO6S. The van der Waals surface area contributed by atoms with Crippen LogP contribution in [0.1, 0.15) is 51.4 Å². The fraction of sp³-hybridized carbons (Fsp3) is 0.471. The zero-order valence-electron chi connectivity index (χ0n) is 24.2. The van der Waals surface area contributed by atoms with Crippen LogP contribution in [0.3, 0.4) is 0 Å². The molecule has 4 aliphatic carbocycles. The molecule has 226 valence electrons. The van der Waals surface area contributed by atoms with Gasteiger partial charge in [-0.2, -0.15) is 0 Å². The van der Waals surface area contributed by atoms with E-state index < -0.39 is 47.3 Å². The molecule has 9 atom stereocenters. The van der Waals surface area contributed by atoms with Gasteiger partial charge in [0, 0.05) is 32.1 Å². The van der Waals surface area contributed by atoms with Crippen LogP contribution < -0.4 is 5.73 Å². The van der Waals surface area contributed by atoms with E-state index in [1.54, 1.807) is 30.0 Å². The molecule has 4 N–H and O–H groups in total. The first-order chi connectivity index (χ1) is 20.5. The number of carbonyl (C=O) groups excluding carboxylic acids is 2. The maximum atomic E-state index is 13.7. The third-order valence-corrected chi connectivity index (χ3v) is 12.5. The van der Waals surface area contributed by atoms with Gasteiger partial charge in [0.25, 0.3) is 0 Å². The molecule has 2 aromatic carbocycles. The molecule has 4 fully saturated rings. The van der Waals surface area contributed by atoms with Crippen molar-refractivity contribution in [2.24, 2.45) is 28.6 Å². The summed E-state index contributed by atoms with van der Waals surface area (Å²) in [5.74, 6) is -0.303. The molecule has 0 amide bonds. The van der Waals surface area contributed by atoms with E-state index in [2.05, 4.69) is 6.92 Å². The van der Waals surface area contributed by atoms with E-state index in [4.69, 9.17) is 26.8 Å². The fourth-order valence-corrected chi connectivity index (χ4v) is 10.2. The number of carbonyl (C=O) groups is 2. The van der Waals surface area contributed by atoms with Gasteiger partial charge in [-0.3, -0.25) is 9.59 Å². The second kappa shape index (κ2) is 10.3. The van der Waals surface area contributed by atoms with Gasteiger partial charge in [0.15, 0.2) is 23.5 Å². The van der Waals surface area contributed by atoms with E-state index in [1.165, 1.54) is 0 Å². The number of ketones is 2. The van der Waals surface area contributed by atoms with E-state index in [-0.39, 0.29) is 23.5 Å². The largest absolute Gasteiger partial charge is 0.397 e. The Kier molecular flexibility index (Phi) is 7.00. The molecule has 1 saturated heterocycles. The number of fused-ring (bicyclic) bond motifs is 7. The summed E-state index contributed by atoms with van der Waals surface area (Å²) in [5.41, 5.74) is 5.84. The molecule has 0 bridgehead atoms. The van der Waals surface area contributed by atoms with Crippen molar-refractivity contribution < 1.29 is 29.3 Å². The molecule has 5 aliphatic rings. The number of aliphatic hydroxyl groups excluding tert-OH is 2. The summed E-state index contributed by atoms with van der Waals surface area (Å²) in [7, 11) is 0. The summed E-state index contributed by atoms with van der Waals surface area (Å²) in [4.78, 5) is 27.9. The number of Topliss-reactive ketones (excluding diaryl/α,β-unsaturated/α-hetero) is 1. The molecule has 3 saturated carbocycles. The van der Waals surface area contributed by atoms with Crippen LogP contribution in [0.25, 0.3) is 0 Å². The predicted molar refractivity (Wildman–Crippen MR) is 163 cm³/mol. The Morgan fingerprint density at radius 2 is 1.91 bits per heavy atom. The maximum absolute atomic E-state index is 13.7. The number of benzene rings is 2. The van der Waals surface area contributed by atoms with Crippen molar-refractivity contribution in [2.75, 3.05) is 12.3 Å². The summed E-state index contributed by atoms with van der Waals surface area (Å²) in [5, 5.41) is 22.5. The minimum Gasteiger partial charge on any atom is -0.397 e. The van der Waals surface area contributed by atoms with Gasteiger partial charge in [0.05, 0.1) is 22.9 Å². The molecule has 0 spiro atoms. The van der Waals surface area contributed by atoms with Crippen LogP contribution in [0.4, 0.5) is 5.69 Å². The molecule has 0 unspecified atom stereocenters. The second-order valence-electron chi connectivity index (χ2n) is 13.2. The highest BCUT2D eigenvalue weighted by Gasteiger charge is 2.75. The normalized spacial score (nSPS) is 39.5. The third-order valence-electron chi connectivity index (χ3n) is 11.1. The Bertz CT molecular complexity index is 1560. The Hall–Kier alpha value is -2.46. The van der Waals surface area contributed by atoms with Gasteiger partial charge in [-0.15, -0.1) is 0 Å². The van der Waals surface area contributed by atoms with E-state index in [0.29, 0.717) is 23.6 Å². The minimum absolute atomic E-state index is 0.00176. The lowest BCUT2D eigenvalue weighted by molar-refractivity contribution is -0.201. The number of halogens is 1. The number of aliphatic hydroxyl groups is 2. The zero-order chi connectivity index (χ0) is 30.3. The zero-order valence-corrected chi connectivity index (χ0v) is 25.7. The van der Waals surface area contributed by atoms with Crippen LogP contribution in [0.15, 0.2) is 76.1 Å². The SMILES string of the molecule is C[C@]12C=CC(=O)C=C1CC[C@@H]1[C@@H]2[C@@H](O)C[C@@]2(C)[C@H]1C[C@H]1O[C@@H](c3ccc(Sc4ccc(Cl)c(N)c4)cc3)O[C@]12C(=O)CO. The quantitative estimate of drug-likeness (QED) is 0.365. The molecule has 1 aliphatic heterocycles. The highest BCUT2D eigenvalue weighted by molar-refractivity contribution is 7.99. The summed E-state index contributed by atoms with van der Waals surface area (Å²) in [6.45, 7) is 3.51. The van der Waals surface area contributed by atoms with Crippen LogP contribution in [-0.4, -0.2) is 46.2 Å². The van der Waals surface area contributed by atoms with Crippen molar-refractivity contribution in [1.29, 1.82) is 0 Å². The first kappa shape index (κ1) is 29.3. The van der Waals surface area contributed by atoms with Gasteiger partial charge in [-0.1, -0.05) is 61.0 Å². The first-order valence-corrected chi connectivity index (χ1v) is 16.1. The van der Waals surface area contributed by atoms with E-state index >= 15 is 0 Å². The standard InChI is InChI=1S/C34H36ClNO6S/c1-32-12-11-20(38)13-19(32)5-9-23-24-15-29-34(28(40)17-37,33(24,2)16-27(39)30(23)32)42-31(41-29)18-3-6-21(7-4-18)43-22-8-10-25(35)26(36)14-22/h3-4,6-8,10-14,23-24,27,29-31,37,39H,5,9,15-17,36H2,1-2H3/t23-,24-,27-,29+,30+,31+,32-,33-,34+/m0/s1. The number of anilines is 1. The van der Waals surface area contributed by atoms with E-state index in [9.17, 15) is 19.8 Å². The van der Waals surface area contributed by atoms with Crippen molar-refractivity contribution in [3.8, 4) is 0 Å². The molecule has 0 aromatic heterocycles. The summed E-state index contributed by atoms with van der Waals surface area (Å²) >= 11 is 7.62. The molecule has 9 heteroatoms. The lowest BCUT2D eigenvalue weighted by atomic mass is 9.46. The molecular weight excluding hydrogens is 586 g/mol. The highest BCUT2D eigenvalue weighted by atomic mass is 35.5. The van der Waals surface area contributed by atoms with E-state index in [1.807, 2.05) is 49.4 Å². The molecule has 7 nitrogen and oxygen atoms in total. The number of hydrogen-bond acceptors (Lipinski definition) is 8. The maximum Gasteiger partial charge on any atom is 0.193 e. The van der Waals surface area contributed by atoms with Crippen LogP contribution in [0.5, 0.6) is 0 Å². The number of hydrogen-bond donors (Lipinski definition) is 3. The average molecular weight is 622 g/mol. The van der Waals surface area contributed by atoms with Crippen molar-refractivity contribution in [3.05, 3.63) is 76.9 Å². The Labute approximate surface area is 260 Å². The Morgan fingerprint density at radius 1 is 1.16 bits per heavy atom. The van der Waals surface area contributed by atoms with Gasteiger partial charge in [-0.25, -0.2) is 0 Å². The smallest absolute Gasteiger partial charge is 0.193 e. The van der Waals surface area contributed by atoms with Crippen molar-refractivity contribution >= 4 is 40.6 Å². The Balaban J connectivity index is 1.17. The minimum atomic E-state index is -1.37. The lowest BCUT2D eigenvalue weighted by Crippen LogP contribution is -2.63. The third kappa shape index (κ3) is 4.25. The monoisotopic (exact) mass is 621 g/mol. The van der Waals surface area contributed by atoms with Gasteiger partial charge in [0.2, 0.25) is 0 Å². The summed E-state index contributed by atoms with van der Waals surface area (Å²) < 4.78 is 13.3. The van der Waals surface area contributed by atoms with Crippen LogP contribution in [0.2, 0.25) is 5.02 Å². The number of nitrogens with two attached hydrogens (primary N) is 1. The molecule has 7 rings (SSSR count). The van der Waals surface area contributed by atoms with E-state index in [0.717, 1.165) is 33.8 Å². The average Bonchev–Trinajstić information content (AvgIpc) is 3.48. The molecule has 2 aromatic rings.